The summed E-state index contributed by atoms with van der Waals surface area (Å²) >= 11 is 0. The fraction of sp³-hybridized carbons (Fsp3) is 0.385. The van der Waals surface area contributed by atoms with E-state index < -0.39 is 0 Å². The van der Waals surface area contributed by atoms with Crippen LogP contribution >= 0.6 is 0 Å². The Hall–Kier alpha value is -1.46. The molecule has 1 aliphatic heterocycles. The lowest BCUT2D eigenvalue weighted by atomic mass is 10.1. The van der Waals surface area contributed by atoms with Gasteiger partial charge >= 0.3 is 0 Å². The molecular weight excluding hydrogens is 186 g/mol. The Morgan fingerprint density at radius 2 is 2.40 bits per heavy atom. The lowest BCUT2D eigenvalue weighted by Gasteiger charge is -2.04. The second-order valence-corrected chi connectivity index (χ2v) is 3.67. The van der Waals surface area contributed by atoms with E-state index in [0.29, 0.717) is 6.54 Å². The van der Waals surface area contributed by atoms with E-state index >= 15 is 0 Å². The molecule has 0 saturated heterocycles. The van der Waals surface area contributed by atoms with Crippen molar-refractivity contribution in [2.24, 2.45) is 0 Å². The van der Waals surface area contributed by atoms with Gasteiger partial charge in [-0.2, -0.15) is 0 Å². The van der Waals surface area contributed by atoms with Gasteiger partial charge in [-0.1, -0.05) is 18.1 Å². The molecule has 0 radical (unpaired) electrons. The molecule has 1 heterocycles. The van der Waals surface area contributed by atoms with E-state index in [1.165, 1.54) is 11.1 Å². The zero-order chi connectivity index (χ0) is 10.5. The van der Waals surface area contributed by atoms with Crippen LogP contribution < -0.4 is 10.1 Å². The molecule has 0 spiro atoms. The fourth-order valence-electron chi connectivity index (χ4n) is 1.79. The number of terminal acetylenes is 1. The lowest BCUT2D eigenvalue weighted by Crippen LogP contribution is -2.17. The molecule has 0 saturated carbocycles. The first-order chi connectivity index (χ1) is 7.40. The number of fused-ring (bicyclic) bond motifs is 1. The van der Waals surface area contributed by atoms with Crippen LogP contribution in [0.2, 0.25) is 0 Å². The summed E-state index contributed by atoms with van der Waals surface area (Å²) in [5.74, 6) is 3.62. The quantitative estimate of drug-likeness (QED) is 0.587. The van der Waals surface area contributed by atoms with Crippen molar-refractivity contribution in [2.75, 3.05) is 19.7 Å². The summed E-state index contributed by atoms with van der Waals surface area (Å²) in [7, 11) is 0. The van der Waals surface area contributed by atoms with Gasteiger partial charge < -0.3 is 10.1 Å². The summed E-state index contributed by atoms with van der Waals surface area (Å²) in [6.45, 7) is 2.41. The predicted octanol–water partition coefficient (Wildman–Crippen LogP) is 1.39. The second-order valence-electron chi connectivity index (χ2n) is 3.67. The number of benzene rings is 1. The Kier molecular flexibility index (Phi) is 3.26. The second kappa shape index (κ2) is 4.86. The summed E-state index contributed by atoms with van der Waals surface area (Å²) in [6.07, 6.45) is 7.22. The van der Waals surface area contributed by atoms with Crippen molar-refractivity contribution in [2.45, 2.75) is 12.8 Å². The van der Waals surface area contributed by atoms with Crippen LogP contribution in [-0.4, -0.2) is 19.7 Å². The van der Waals surface area contributed by atoms with Crippen LogP contribution in [0.15, 0.2) is 18.2 Å². The van der Waals surface area contributed by atoms with E-state index in [-0.39, 0.29) is 0 Å². The van der Waals surface area contributed by atoms with Gasteiger partial charge in [0.2, 0.25) is 0 Å². The van der Waals surface area contributed by atoms with Gasteiger partial charge in [-0.05, 0) is 23.6 Å². The van der Waals surface area contributed by atoms with E-state index in [1.807, 2.05) is 0 Å². The largest absolute Gasteiger partial charge is 0.493 e. The maximum absolute atomic E-state index is 5.45. The lowest BCUT2D eigenvalue weighted by molar-refractivity contribution is 0.357. The molecule has 1 N–H and O–H groups in total. The maximum atomic E-state index is 5.45. The minimum atomic E-state index is 0.647. The average Bonchev–Trinajstić information content (AvgIpc) is 2.71. The third kappa shape index (κ3) is 2.51. The van der Waals surface area contributed by atoms with Crippen molar-refractivity contribution < 1.29 is 4.74 Å². The van der Waals surface area contributed by atoms with Crippen LogP contribution in [0.1, 0.15) is 11.1 Å². The van der Waals surface area contributed by atoms with Crippen molar-refractivity contribution in [3.05, 3.63) is 29.3 Å². The monoisotopic (exact) mass is 201 g/mol. The molecule has 0 amide bonds. The number of hydrogen-bond donors (Lipinski definition) is 1. The molecule has 1 aliphatic rings. The molecule has 0 unspecified atom stereocenters. The highest BCUT2D eigenvalue weighted by Crippen LogP contribution is 2.25. The normalized spacial score (nSPS) is 13.0. The third-order valence-electron chi connectivity index (χ3n) is 2.57. The van der Waals surface area contributed by atoms with Crippen molar-refractivity contribution in [3.8, 4) is 18.1 Å². The molecule has 0 aliphatic carbocycles. The van der Waals surface area contributed by atoms with Gasteiger partial charge in [0, 0.05) is 13.0 Å². The molecule has 2 heteroatoms. The zero-order valence-electron chi connectivity index (χ0n) is 8.75. The summed E-state index contributed by atoms with van der Waals surface area (Å²) in [6, 6.07) is 6.43. The van der Waals surface area contributed by atoms with E-state index in [2.05, 4.69) is 29.4 Å². The van der Waals surface area contributed by atoms with Gasteiger partial charge in [0.25, 0.3) is 0 Å². The molecule has 0 aromatic heterocycles. The summed E-state index contributed by atoms with van der Waals surface area (Å²) in [5, 5.41) is 3.18. The number of rotatable bonds is 4. The molecule has 0 atom stereocenters. The maximum Gasteiger partial charge on any atom is 0.122 e. The molecule has 1 aromatic carbocycles. The molecule has 0 bridgehead atoms. The Balaban J connectivity index is 1.90. The first kappa shape index (κ1) is 10.1. The molecule has 1 aromatic rings. The van der Waals surface area contributed by atoms with Gasteiger partial charge in [0.15, 0.2) is 0 Å². The van der Waals surface area contributed by atoms with Gasteiger partial charge in [-0.15, -0.1) is 6.42 Å². The van der Waals surface area contributed by atoms with Gasteiger partial charge in [0.1, 0.15) is 5.75 Å². The van der Waals surface area contributed by atoms with Crippen LogP contribution in [0.4, 0.5) is 0 Å². The smallest absolute Gasteiger partial charge is 0.122 e. The highest BCUT2D eigenvalue weighted by molar-refractivity contribution is 5.39. The van der Waals surface area contributed by atoms with Crippen LogP contribution in [0.5, 0.6) is 5.75 Å². The van der Waals surface area contributed by atoms with Crippen molar-refractivity contribution in [3.63, 3.8) is 0 Å². The van der Waals surface area contributed by atoms with E-state index in [1.54, 1.807) is 0 Å². The van der Waals surface area contributed by atoms with Crippen molar-refractivity contribution in [1.82, 2.24) is 5.32 Å². The molecule has 0 fully saturated rings. The highest BCUT2D eigenvalue weighted by Gasteiger charge is 2.11. The average molecular weight is 201 g/mol. The SMILES string of the molecule is C#CCNCCc1ccc2c(c1)CCO2. The topological polar surface area (TPSA) is 21.3 Å². The third-order valence-corrected chi connectivity index (χ3v) is 2.57. The van der Waals surface area contributed by atoms with Gasteiger partial charge in [-0.3, -0.25) is 0 Å². The molecule has 2 nitrogen and oxygen atoms in total. The molecule has 15 heavy (non-hydrogen) atoms. The number of nitrogens with one attached hydrogen (secondary N) is 1. The standard InChI is InChI=1S/C13H15NO/c1-2-7-14-8-5-11-3-4-13-12(10-11)6-9-15-13/h1,3-4,10,14H,5-9H2. The van der Waals surface area contributed by atoms with Crippen LogP contribution in [0.3, 0.4) is 0 Å². The summed E-state index contributed by atoms with van der Waals surface area (Å²) in [5.41, 5.74) is 2.69. The fourth-order valence-corrected chi connectivity index (χ4v) is 1.79. The summed E-state index contributed by atoms with van der Waals surface area (Å²) in [4.78, 5) is 0. The Bertz CT molecular complexity index is 379. The van der Waals surface area contributed by atoms with Gasteiger partial charge in [0.05, 0.1) is 13.2 Å². The van der Waals surface area contributed by atoms with Crippen molar-refractivity contribution >= 4 is 0 Å². The Labute approximate surface area is 90.6 Å². The van der Waals surface area contributed by atoms with Crippen LogP contribution in [0.25, 0.3) is 0 Å². The Morgan fingerprint density at radius 1 is 1.47 bits per heavy atom. The Morgan fingerprint density at radius 3 is 3.27 bits per heavy atom. The molecule has 2 rings (SSSR count). The van der Waals surface area contributed by atoms with Crippen LogP contribution in [-0.2, 0) is 12.8 Å². The summed E-state index contributed by atoms with van der Waals surface area (Å²) < 4.78 is 5.45. The number of ether oxygens (including phenoxy) is 1. The van der Waals surface area contributed by atoms with E-state index in [0.717, 1.165) is 31.7 Å². The van der Waals surface area contributed by atoms with Gasteiger partial charge in [-0.25, -0.2) is 0 Å². The first-order valence-electron chi connectivity index (χ1n) is 5.29. The number of hydrogen-bond acceptors (Lipinski definition) is 2. The van der Waals surface area contributed by atoms with E-state index in [9.17, 15) is 0 Å². The minimum absolute atomic E-state index is 0.647. The van der Waals surface area contributed by atoms with Crippen molar-refractivity contribution in [1.29, 1.82) is 0 Å². The minimum Gasteiger partial charge on any atom is -0.493 e. The highest BCUT2D eigenvalue weighted by atomic mass is 16.5. The zero-order valence-corrected chi connectivity index (χ0v) is 8.75. The molecule has 78 valence electrons. The van der Waals surface area contributed by atoms with Crippen LogP contribution in [0, 0.1) is 12.3 Å². The van der Waals surface area contributed by atoms with E-state index in [4.69, 9.17) is 11.2 Å². The first-order valence-corrected chi connectivity index (χ1v) is 5.29. The molecular formula is C13H15NO. The predicted molar refractivity (Wildman–Crippen MR) is 61.0 cm³/mol.